The Bertz CT molecular complexity index is 1140. The van der Waals surface area contributed by atoms with E-state index in [2.05, 4.69) is 9.97 Å². The molecule has 10 heteroatoms. The van der Waals surface area contributed by atoms with Gasteiger partial charge < -0.3 is 13.9 Å². The summed E-state index contributed by atoms with van der Waals surface area (Å²) in [5.74, 6) is -0.115. The summed E-state index contributed by atoms with van der Waals surface area (Å²) in [7, 11) is 1.88. The van der Waals surface area contributed by atoms with Crippen LogP contribution in [0.25, 0.3) is 22.3 Å². The van der Waals surface area contributed by atoms with Crippen LogP contribution in [0.2, 0.25) is 0 Å². The number of pyridine rings is 1. The van der Waals surface area contributed by atoms with E-state index in [4.69, 9.17) is 4.74 Å². The second kappa shape index (κ2) is 12.5. The molecule has 0 radical (unpaired) electrons. The number of halogens is 4. The van der Waals surface area contributed by atoms with E-state index in [1.54, 1.807) is 17.6 Å². The highest BCUT2D eigenvalue weighted by Gasteiger charge is 2.24. The SMILES string of the molecule is CC.CCn1c(=O)ccc2c1c(-c1nc(C)nc(OC3CCCCC3)c1F)cn2C.FC(F)F. The molecule has 0 spiro atoms. The first-order valence-electron chi connectivity index (χ1n) is 11.5. The normalized spacial score (nSPS) is 13.8. The maximum Gasteiger partial charge on any atom is 0.379 e. The Morgan fingerprint density at radius 2 is 1.74 bits per heavy atom. The predicted molar refractivity (Wildman–Crippen MR) is 125 cm³/mol. The summed E-state index contributed by atoms with van der Waals surface area (Å²) in [6, 6.07) is 3.30. The number of ether oxygens (including phenoxy) is 1. The number of aromatic nitrogens is 4. The summed E-state index contributed by atoms with van der Waals surface area (Å²) < 4.78 is 53.9. The van der Waals surface area contributed by atoms with Crippen molar-refractivity contribution in [1.29, 1.82) is 0 Å². The molecule has 0 bridgehead atoms. The van der Waals surface area contributed by atoms with Gasteiger partial charge in [0.1, 0.15) is 17.6 Å². The fourth-order valence-electron chi connectivity index (χ4n) is 4.08. The molecule has 6 nitrogen and oxygen atoms in total. The van der Waals surface area contributed by atoms with Crippen molar-refractivity contribution >= 4 is 11.0 Å². The Hall–Kier alpha value is -2.91. The number of nitrogens with zero attached hydrogens (tertiary/aromatic N) is 4. The van der Waals surface area contributed by atoms with Crippen molar-refractivity contribution in [3.05, 3.63) is 40.3 Å². The van der Waals surface area contributed by atoms with Gasteiger partial charge in [-0.25, -0.2) is 4.98 Å². The lowest BCUT2D eigenvalue weighted by molar-refractivity contribution is 0.00819. The molecule has 188 valence electrons. The molecular weight excluding hydrogens is 452 g/mol. The van der Waals surface area contributed by atoms with Crippen LogP contribution in [-0.4, -0.2) is 31.9 Å². The number of fused-ring (bicyclic) bond motifs is 1. The van der Waals surface area contributed by atoms with Crippen LogP contribution in [0, 0.1) is 12.7 Å². The molecule has 3 aromatic rings. The van der Waals surface area contributed by atoms with Crippen molar-refractivity contribution in [1.82, 2.24) is 19.1 Å². The number of aryl methyl sites for hydroxylation is 3. The van der Waals surface area contributed by atoms with Gasteiger partial charge in [-0.15, -0.1) is 0 Å². The Morgan fingerprint density at radius 1 is 1.12 bits per heavy atom. The second-order valence-electron chi connectivity index (χ2n) is 7.67. The van der Waals surface area contributed by atoms with Crippen LogP contribution in [0.3, 0.4) is 0 Å². The third-order valence-electron chi connectivity index (χ3n) is 5.45. The van der Waals surface area contributed by atoms with E-state index in [-0.39, 0.29) is 23.2 Å². The van der Waals surface area contributed by atoms with Crippen LogP contribution in [-0.2, 0) is 13.6 Å². The monoisotopic (exact) mass is 484 g/mol. The molecule has 4 rings (SSSR count). The van der Waals surface area contributed by atoms with E-state index in [1.165, 1.54) is 12.5 Å². The maximum absolute atomic E-state index is 15.4. The average Bonchev–Trinajstić information content (AvgIpc) is 3.14. The molecule has 0 atom stereocenters. The molecule has 3 aromatic heterocycles. The van der Waals surface area contributed by atoms with E-state index in [9.17, 15) is 18.0 Å². The first kappa shape index (κ1) is 27.3. The lowest BCUT2D eigenvalue weighted by Crippen LogP contribution is -2.21. The first-order chi connectivity index (χ1) is 16.2. The molecule has 0 unspecified atom stereocenters. The highest BCUT2D eigenvalue weighted by atomic mass is 19.4. The summed E-state index contributed by atoms with van der Waals surface area (Å²) in [5.41, 5.74) is 2.16. The van der Waals surface area contributed by atoms with Gasteiger partial charge in [0.25, 0.3) is 11.4 Å². The maximum atomic E-state index is 15.4. The van der Waals surface area contributed by atoms with E-state index in [0.29, 0.717) is 23.4 Å². The minimum atomic E-state index is -3.67. The Morgan fingerprint density at radius 3 is 2.32 bits per heavy atom. The van der Waals surface area contributed by atoms with Crippen molar-refractivity contribution in [3.8, 4) is 17.1 Å². The largest absolute Gasteiger partial charge is 0.472 e. The minimum Gasteiger partial charge on any atom is -0.472 e. The Labute approximate surface area is 196 Å². The van der Waals surface area contributed by atoms with E-state index in [0.717, 1.165) is 31.2 Å². The Kier molecular flexibility index (Phi) is 10.1. The fraction of sp³-hybridized carbons (Fsp3) is 0.542. The van der Waals surface area contributed by atoms with Crippen LogP contribution >= 0.6 is 0 Å². The van der Waals surface area contributed by atoms with Gasteiger partial charge in [-0.3, -0.25) is 4.79 Å². The number of hydrogen-bond donors (Lipinski definition) is 0. The van der Waals surface area contributed by atoms with Gasteiger partial charge in [0.15, 0.2) is 0 Å². The zero-order valence-electron chi connectivity index (χ0n) is 20.2. The van der Waals surface area contributed by atoms with Crippen molar-refractivity contribution in [2.75, 3.05) is 0 Å². The van der Waals surface area contributed by atoms with Crippen LogP contribution in [0.5, 0.6) is 5.88 Å². The fourth-order valence-corrected chi connectivity index (χ4v) is 4.08. The van der Waals surface area contributed by atoms with Crippen LogP contribution in [0.4, 0.5) is 17.6 Å². The van der Waals surface area contributed by atoms with Gasteiger partial charge in [0.2, 0.25) is 5.82 Å². The second-order valence-corrected chi connectivity index (χ2v) is 7.67. The molecule has 1 fully saturated rings. The molecule has 0 amide bonds. The summed E-state index contributed by atoms with van der Waals surface area (Å²) in [6.45, 7) is 4.45. The topological polar surface area (TPSA) is 61.9 Å². The quantitative estimate of drug-likeness (QED) is 0.415. The van der Waals surface area contributed by atoms with Crippen LogP contribution < -0.4 is 10.3 Å². The van der Waals surface area contributed by atoms with Crippen molar-refractivity contribution in [2.24, 2.45) is 7.05 Å². The number of alkyl halides is 3. The zero-order valence-corrected chi connectivity index (χ0v) is 20.2. The third-order valence-corrected chi connectivity index (χ3v) is 5.45. The molecular formula is C24H32F4N4O2. The van der Waals surface area contributed by atoms with Gasteiger partial charge in [-0.1, -0.05) is 20.3 Å². The van der Waals surface area contributed by atoms with Crippen LogP contribution in [0.1, 0.15) is 58.7 Å². The summed E-state index contributed by atoms with van der Waals surface area (Å²) in [5, 5.41) is 0. The van der Waals surface area contributed by atoms with Crippen molar-refractivity contribution in [3.63, 3.8) is 0 Å². The average molecular weight is 485 g/mol. The van der Waals surface area contributed by atoms with E-state index in [1.807, 2.05) is 38.6 Å². The van der Waals surface area contributed by atoms with Crippen LogP contribution in [0.15, 0.2) is 23.1 Å². The van der Waals surface area contributed by atoms with Crippen molar-refractivity contribution in [2.45, 2.75) is 79.1 Å². The zero-order chi connectivity index (χ0) is 25.4. The lowest BCUT2D eigenvalue weighted by atomic mass is 9.98. The van der Waals surface area contributed by atoms with Crippen molar-refractivity contribution < 1.29 is 22.3 Å². The molecule has 34 heavy (non-hydrogen) atoms. The van der Waals surface area contributed by atoms with Gasteiger partial charge >= 0.3 is 6.68 Å². The summed E-state index contributed by atoms with van der Waals surface area (Å²) >= 11 is 0. The van der Waals surface area contributed by atoms with E-state index >= 15 is 4.39 Å². The highest BCUT2D eigenvalue weighted by Crippen LogP contribution is 2.34. The summed E-state index contributed by atoms with van der Waals surface area (Å²) in [6.07, 6.45) is 7.02. The lowest BCUT2D eigenvalue weighted by Gasteiger charge is -2.23. The minimum absolute atomic E-state index is 0.00716. The molecule has 3 heterocycles. The Balaban J connectivity index is 0.000000618. The van der Waals surface area contributed by atoms with Gasteiger partial charge in [-0.2, -0.15) is 22.5 Å². The van der Waals surface area contributed by atoms with Gasteiger partial charge in [-0.05, 0) is 45.6 Å². The molecule has 1 saturated carbocycles. The molecule has 0 N–H and O–H groups in total. The molecule has 0 aromatic carbocycles. The smallest absolute Gasteiger partial charge is 0.379 e. The standard InChI is InChI=1S/C21H25FN4O2.C2H6.CHF3/c1-4-26-17(27)11-10-16-20(26)15(12-25(16)3)19-18(22)21(24-13(2)23-19)28-14-8-6-5-7-9-14;1-2;2-1(3)4/h10-12,14H,4-9H2,1-3H3;1-2H3;1H. The molecule has 0 aliphatic heterocycles. The molecule has 0 saturated heterocycles. The highest BCUT2D eigenvalue weighted by molar-refractivity contribution is 5.92. The van der Waals surface area contributed by atoms with E-state index < -0.39 is 12.5 Å². The first-order valence-corrected chi connectivity index (χ1v) is 11.5. The predicted octanol–water partition coefficient (Wildman–Crippen LogP) is 6.18. The summed E-state index contributed by atoms with van der Waals surface area (Å²) in [4.78, 5) is 20.9. The third kappa shape index (κ3) is 6.36. The molecule has 1 aliphatic rings. The number of hydrogen-bond acceptors (Lipinski definition) is 4. The van der Waals surface area contributed by atoms with Gasteiger partial charge in [0, 0.05) is 31.4 Å². The van der Waals surface area contributed by atoms with Gasteiger partial charge in [0.05, 0.1) is 11.0 Å². The molecule has 1 aliphatic carbocycles. The number of rotatable bonds is 4.